The number of aliphatic hydroxyl groups excluding tert-OH is 1. The average Bonchev–Trinajstić information content (AvgIpc) is 3.83. The van der Waals surface area contributed by atoms with E-state index in [4.69, 9.17) is 9.47 Å². The van der Waals surface area contributed by atoms with Gasteiger partial charge in [0.1, 0.15) is 17.7 Å². The SMILES string of the molecule is C=CCCC(=O)N[C@H](C)[C@@H](OC(=O)[C@@H]1[C@@H]2CC[C@]3(O2)[C@H](C(=O)N(CC=C)Cc2ccccc2)N([C@@H](CO)Cc2ccccc2)C(=O)[C@@H]13)c1ccccc1. The molecule has 3 aromatic rings. The van der Waals surface area contributed by atoms with Gasteiger partial charge in [0.05, 0.1) is 36.6 Å². The second-order valence-corrected chi connectivity index (χ2v) is 14.3. The summed E-state index contributed by atoms with van der Waals surface area (Å²) in [5.74, 6) is -3.58. The number of likely N-dealkylation sites (tertiary alicyclic amines) is 1. The van der Waals surface area contributed by atoms with E-state index >= 15 is 0 Å². The Labute approximate surface area is 311 Å². The number of rotatable bonds is 17. The van der Waals surface area contributed by atoms with Gasteiger partial charge in [-0.25, -0.2) is 0 Å². The predicted octanol–water partition coefficient (Wildman–Crippen LogP) is 4.93. The monoisotopic (exact) mass is 719 g/mol. The first-order chi connectivity index (χ1) is 25.7. The van der Waals surface area contributed by atoms with Gasteiger partial charge in [0.2, 0.25) is 17.7 Å². The van der Waals surface area contributed by atoms with E-state index in [9.17, 15) is 24.3 Å². The standard InChI is InChI=1S/C43H49N3O7/c1-4-6-22-35(48)44-29(3)38(32-20-14-9-15-21-32)52-42(51)36-34-23-24-43(53-34)37(36)40(49)46(33(28-47)26-30-16-10-7-11-17-30)39(43)41(50)45(25-5-2)27-31-18-12-8-13-19-31/h4-5,7-21,29,33-34,36-39,47H,1-2,6,22-28H2,3H3,(H,44,48)/t29-,33-,34+,36-,37-,38-,39+,43-/m1/s1. The maximum absolute atomic E-state index is 15.0. The number of amides is 3. The van der Waals surface area contributed by atoms with Gasteiger partial charge in [-0.15, -0.1) is 13.2 Å². The maximum Gasteiger partial charge on any atom is 0.313 e. The number of ether oxygens (including phenoxy) is 2. The highest BCUT2D eigenvalue weighted by Crippen LogP contribution is 2.59. The zero-order valence-electron chi connectivity index (χ0n) is 30.2. The number of allylic oxidation sites excluding steroid dienone is 1. The summed E-state index contributed by atoms with van der Waals surface area (Å²) < 4.78 is 13.0. The molecule has 3 aromatic carbocycles. The van der Waals surface area contributed by atoms with Gasteiger partial charge in [-0.1, -0.05) is 103 Å². The lowest BCUT2D eigenvalue weighted by Gasteiger charge is -2.39. The minimum Gasteiger partial charge on any atom is -0.455 e. The number of carbonyl (C=O) groups is 4. The van der Waals surface area contributed by atoms with Crippen LogP contribution in [-0.4, -0.2) is 81.6 Å². The molecule has 0 aromatic heterocycles. The molecule has 10 heteroatoms. The molecule has 3 aliphatic rings. The molecule has 278 valence electrons. The Bertz CT molecular complexity index is 1770. The van der Waals surface area contributed by atoms with Crippen LogP contribution in [0.4, 0.5) is 0 Å². The minimum absolute atomic E-state index is 0.201. The van der Waals surface area contributed by atoms with E-state index in [1.807, 2.05) is 91.0 Å². The fourth-order valence-electron chi connectivity index (χ4n) is 8.47. The van der Waals surface area contributed by atoms with Gasteiger partial charge in [-0.05, 0) is 49.3 Å². The molecule has 53 heavy (non-hydrogen) atoms. The topological polar surface area (TPSA) is 125 Å². The summed E-state index contributed by atoms with van der Waals surface area (Å²) in [7, 11) is 0. The summed E-state index contributed by atoms with van der Waals surface area (Å²) in [5.41, 5.74) is 1.18. The van der Waals surface area contributed by atoms with Crippen molar-refractivity contribution in [1.82, 2.24) is 15.1 Å². The van der Waals surface area contributed by atoms with Gasteiger partial charge in [-0.3, -0.25) is 19.2 Å². The minimum atomic E-state index is -1.31. The van der Waals surface area contributed by atoms with Crippen LogP contribution in [-0.2, 0) is 41.6 Å². The molecule has 10 nitrogen and oxygen atoms in total. The lowest BCUT2D eigenvalue weighted by atomic mass is 9.70. The molecule has 3 fully saturated rings. The van der Waals surface area contributed by atoms with E-state index in [0.29, 0.717) is 31.2 Å². The van der Waals surface area contributed by atoms with Crippen LogP contribution < -0.4 is 5.32 Å². The Morgan fingerprint density at radius 3 is 2.26 bits per heavy atom. The fourth-order valence-corrected chi connectivity index (χ4v) is 8.47. The lowest BCUT2D eigenvalue weighted by molar-refractivity contribution is -0.162. The summed E-state index contributed by atoms with van der Waals surface area (Å²) in [6.45, 7) is 9.47. The van der Waals surface area contributed by atoms with Crippen LogP contribution >= 0.6 is 0 Å². The molecule has 3 amide bonds. The van der Waals surface area contributed by atoms with Gasteiger partial charge in [-0.2, -0.15) is 0 Å². The molecule has 8 atom stereocenters. The van der Waals surface area contributed by atoms with Crippen LogP contribution in [0.3, 0.4) is 0 Å². The molecule has 0 radical (unpaired) electrons. The Morgan fingerprint density at radius 1 is 1.00 bits per heavy atom. The maximum atomic E-state index is 15.0. The number of benzene rings is 3. The van der Waals surface area contributed by atoms with Crippen molar-refractivity contribution in [1.29, 1.82) is 0 Å². The van der Waals surface area contributed by atoms with Crippen LogP contribution in [0, 0.1) is 11.8 Å². The van der Waals surface area contributed by atoms with Gasteiger partial charge in [0, 0.05) is 19.5 Å². The second-order valence-electron chi connectivity index (χ2n) is 14.3. The van der Waals surface area contributed by atoms with Crippen LogP contribution in [0.1, 0.15) is 55.4 Å². The molecule has 2 bridgehead atoms. The number of hydrogen-bond acceptors (Lipinski definition) is 7. The highest BCUT2D eigenvalue weighted by Gasteiger charge is 2.75. The van der Waals surface area contributed by atoms with Crippen LogP contribution in [0.5, 0.6) is 0 Å². The lowest BCUT2D eigenvalue weighted by Crippen LogP contribution is -2.59. The normalized spacial score (nSPS) is 24.5. The molecule has 3 aliphatic heterocycles. The summed E-state index contributed by atoms with van der Waals surface area (Å²) >= 11 is 0. The summed E-state index contributed by atoms with van der Waals surface area (Å²) in [5, 5.41) is 13.8. The van der Waals surface area contributed by atoms with Gasteiger partial charge >= 0.3 is 5.97 Å². The Balaban J connectivity index is 1.35. The van der Waals surface area contributed by atoms with Crippen molar-refractivity contribution >= 4 is 23.7 Å². The van der Waals surface area contributed by atoms with Crippen LogP contribution in [0.2, 0.25) is 0 Å². The molecule has 6 rings (SSSR count). The molecule has 3 heterocycles. The molecule has 1 spiro atoms. The van der Waals surface area contributed by atoms with Crippen LogP contribution in [0.15, 0.2) is 116 Å². The first-order valence-corrected chi connectivity index (χ1v) is 18.5. The smallest absolute Gasteiger partial charge is 0.313 e. The molecular formula is C43H49N3O7. The number of carbonyl (C=O) groups excluding carboxylic acids is 4. The summed E-state index contributed by atoms with van der Waals surface area (Å²) in [6.07, 6.45) is 3.71. The molecule has 0 aliphatic carbocycles. The zero-order chi connectivity index (χ0) is 37.5. The zero-order valence-corrected chi connectivity index (χ0v) is 30.2. The van der Waals surface area contributed by atoms with Gasteiger partial charge in [0.25, 0.3) is 0 Å². The number of nitrogens with one attached hydrogen (secondary N) is 1. The van der Waals surface area contributed by atoms with E-state index < -0.39 is 66.3 Å². The van der Waals surface area contributed by atoms with E-state index in [1.54, 1.807) is 24.0 Å². The number of aliphatic hydroxyl groups is 1. The van der Waals surface area contributed by atoms with Gasteiger partial charge < -0.3 is 29.7 Å². The predicted molar refractivity (Wildman–Crippen MR) is 200 cm³/mol. The fraction of sp³-hybridized carbons (Fsp3) is 0.395. The third-order valence-corrected chi connectivity index (χ3v) is 10.8. The third kappa shape index (κ3) is 7.70. The Hall–Kier alpha value is -5.06. The van der Waals surface area contributed by atoms with Crippen molar-refractivity contribution in [3.63, 3.8) is 0 Å². The van der Waals surface area contributed by atoms with Crippen molar-refractivity contribution in [2.24, 2.45) is 11.8 Å². The number of fused-ring (bicyclic) bond motifs is 1. The second kappa shape index (κ2) is 16.7. The largest absolute Gasteiger partial charge is 0.455 e. The van der Waals surface area contributed by atoms with Crippen molar-refractivity contribution in [2.75, 3.05) is 13.2 Å². The Morgan fingerprint density at radius 2 is 1.64 bits per heavy atom. The van der Waals surface area contributed by atoms with Gasteiger partial charge in [0.15, 0.2) is 0 Å². The molecule has 0 saturated carbocycles. The molecular weight excluding hydrogens is 670 g/mol. The third-order valence-electron chi connectivity index (χ3n) is 10.8. The summed E-state index contributed by atoms with van der Waals surface area (Å²) in [6, 6.07) is 25.8. The highest BCUT2D eigenvalue weighted by molar-refractivity contribution is 5.98. The van der Waals surface area contributed by atoms with Crippen molar-refractivity contribution in [3.8, 4) is 0 Å². The van der Waals surface area contributed by atoms with E-state index in [0.717, 1.165) is 11.1 Å². The number of esters is 1. The summed E-state index contributed by atoms with van der Waals surface area (Å²) in [4.78, 5) is 60.3. The van der Waals surface area contributed by atoms with Crippen LogP contribution in [0.25, 0.3) is 0 Å². The van der Waals surface area contributed by atoms with E-state index in [-0.39, 0.29) is 31.3 Å². The number of hydrogen-bond donors (Lipinski definition) is 2. The van der Waals surface area contributed by atoms with Crippen molar-refractivity contribution in [3.05, 3.63) is 133 Å². The Kier molecular flexibility index (Phi) is 11.9. The highest BCUT2D eigenvalue weighted by atomic mass is 16.6. The van der Waals surface area contributed by atoms with E-state index in [1.165, 1.54) is 4.90 Å². The molecule has 0 unspecified atom stereocenters. The quantitative estimate of drug-likeness (QED) is 0.150. The number of nitrogens with zero attached hydrogens (tertiary/aromatic N) is 2. The van der Waals surface area contributed by atoms with E-state index in [2.05, 4.69) is 18.5 Å². The average molecular weight is 720 g/mol. The van der Waals surface area contributed by atoms with Crippen molar-refractivity contribution in [2.45, 2.75) is 81.5 Å². The van der Waals surface area contributed by atoms with Crippen molar-refractivity contribution < 1.29 is 33.8 Å². The first kappa shape index (κ1) is 37.7. The first-order valence-electron chi connectivity index (χ1n) is 18.5. The molecule has 2 N–H and O–H groups in total. The molecule has 3 saturated heterocycles.